The number of fused-ring (bicyclic) bond motifs is 1. The van der Waals surface area contributed by atoms with Gasteiger partial charge in [-0.25, -0.2) is 4.98 Å². The molecule has 0 aliphatic rings. The van der Waals surface area contributed by atoms with Crippen LogP contribution in [0, 0.1) is 11.3 Å². The Labute approximate surface area is 167 Å². The summed E-state index contributed by atoms with van der Waals surface area (Å²) in [4.78, 5) is 8.02. The summed E-state index contributed by atoms with van der Waals surface area (Å²) in [5, 5.41) is 14.7. The van der Waals surface area contributed by atoms with Crippen molar-refractivity contribution in [1.29, 1.82) is 5.26 Å². The molecule has 138 valence electrons. The van der Waals surface area contributed by atoms with E-state index in [-0.39, 0.29) is 0 Å². The number of nitrogens with two attached hydrogens (primary N) is 1. The van der Waals surface area contributed by atoms with Crippen LogP contribution in [0.3, 0.4) is 0 Å². The van der Waals surface area contributed by atoms with Crippen molar-refractivity contribution < 1.29 is 0 Å². The predicted octanol–water partition coefficient (Wildman–Crippen LogP) is 4.79. The summed E-state index contributed by atoms with van der Waals surface area (Å²) in [5.41, 5.74) is 10.6. The van der Waals surface area contributed by atoms with E-state index in [0.29, 0.717) is 29.5 Å². The highest BCUT2D eigenvalue weighted by Crippen LogP contribution is 2.35. The molecule has 0 fully saturated rings. The second kappa shape index (κ2) is 7.73. The minimum atomic E-state index is 0.445. The molecule has 2 aromatic carbocycles. The number of benzene rings is 2. The molecule has 0 unspecified atom stereocenters. The molecule has 6 heteroatoms. The van der Waals surface area contributed by atoms with Gasteiger partial charge < -0.3 is 16.0 Å². The Morgan fingerprint density at radius 1 is 1.11 bits per heavy atom. The lowest BCUT2D eigenvalue weighted by Gasteiger charge is -2.13. The molecule has 0 atom stereocenters. The summed E-state index contributed by atoms with van der Waals surface area (Å²) in [6.45, 7) is 0.971. The van der Waals surface area contributed by atoms with Crippen molar-refractivity contribution >= 4 is 28.3 Å². The van der Waals surface area contributed by atoms with Crippen LogP contribution in [0.4, 0.5) is 5.82 Å². The maximum atomic E-state index is 9.81. The monoisotopic (exact) mass is 387 g/mol. The third-order valence-electron chi connectivity index (χ3n) is 4.59. The van der Waals surface area contributed by atoms with E-state index < -0.39 is 0 Å². The van der Waals surface area contributed by atoms with Gasteiger partial charge in [0, 0.05) is 46.3 Å². The Hall–Kier alpha value is -3.33. The largest absolute Gasteiger partial charge is 0.368 e. The zero-order valence-corrected chi connectivity index (χ0v) is 15.8. The first-order chi connectivity index (χ1) is 13.7. The second-order valence-corrected chi connectivity index (χ2v) is 6.80. The number of hydrogen-bond donors (Lipinski definition) is 3. The van der Waals surface area contributed by atoms with Crippen LogP contribution in [0.1, 0.15) is 5.56 Å². The lowest BCUT2D eigenvalue weighted by molar-refractivity contribution is 1.01. The van der Waals surface area contributed by atoms with Crippen LogP contribution in [0.25, 0.3) is 33.3 Å². The van der Waals surface area contributed by atoms with Gasteiger partial charge in [0.1, 0.15) is 17.5 Å². The molecule has 0 saturated heterocycles. The molecule has 4 rings (SSSR count). The highest BCUT2D eigenvalue weighted by Gasteiger charge is 2.17. The number of pyridine rings is 1. The molecule has 2 aromatic heterocycles. The van der Waals surface area contributed by atoms with E-state index in [2.05, 4.69) is 22.4 Å². The van der Waals surface area contributed by atoms with E-state index in [1.807, 2.05) is 54.7 Å². The third kappa shape index (κ3) is 3.31. The Morgan fingerprint density at radius 2 is 1.89 bits per heavy atom. The maximum absolute atomic E-state index is 9.81. The van der Waals surface area contributed by atoms with E-state index in [9.17, 15) is 5.26 Å². The molecule has 0 amide bonds. The first kappa shape index (κ1) is 18.1. The summed E-state index contributed by atoms with van der Waals surface area (Å²) in [5.74, 6) is 0.528. The summed E-state index contributed by atoms with van der Waals surface area (Å²) in [6, 6.07) is 19.7. The lowest BCUT2D eigenvalue weighted by Crippen LogP contribution is -2.15. The molecule has 0 spiro atoms. The number of rotatable bonds is 5. The quantitative estimate of drug-likeness (QED) is 0.459. The second-order valence-electron chi connectivity index (χ2n) is 6.36. The fraction of sp³-hybridized carbons (Fsp3) is 0.0909. The average molecular weight is 388 g/mol. The number of hydrogen-bond acceptors (Lipinski definition) is 4. The maximum Gasteiger partial charge on any atom is 0.145 e. The molecule has 4 N–H and O–H groups in total. The van der Waals surface area contributed by atoms with Crippen LogP contribution in [-0.2, 0) is 0 Å². The van der Waals surface area contributed by atoms with Crippen molar-refractivity contribution in [3.05, 3.63) is 71.4 Å². The van der Waals surface area contributed by atoms with Crippen LogP contribution < -0.4 is 11.1 Å². The smallest absolute Gasteiger partial charge is 0.145 e. The number of nitrogens with one attached hydrogen (secondary N) is 2. The SMILES string of the molecule is N#Cc1c(-c2ccc(Cl)cc2)cc(-c2c[nH]c3ccccc23)nc1NCCN. The minimum absolute atomic E-state index is 0.445. The average Bonchev–Trinajstić information content (AvgIpc) is 3.16. The molecule has 2 heterocycles. The third-order valence-corrected chi connectivity index (χ3v) is 4.84. The van der Waals surface area contributed by atoms with Crippen LogP contribution in [-0.4, -0.2) is 23.1 Å². The zero-order chi connectivity index (χ0) is 19.5. The topological polar surface area (TPSA) is 90.5 Å². The number of nitrogens with zero attached hydrogens (tertiary/aromatic N) is 2. The number of aromatic nitrogens is 2. The van der Waals surface area contributed by atoms with Crippen molar-refractivity contribution in [3.63, 3.8) is 0 Å². The van der Waals surface area contributed by atoms with Gasteiger partial charge in [-0.05, 0) is 29.8 Å². The minimum Gasteiger partial charge on any atom is -0.368 e. The normalized spacial score (nSPS) is 10.8. The van der Waals surface area contributed by atoms with Gasteiger partial charge in [0.05, 0.1) is 5.69 Å². The molecule has 28 heavy (non-hydrogen) atoms. The molecule has 0 bridgehead atoms. The predicted molar refractivity (Wildman–Crippen MR) is 114 cm³/mol. The van der Waals surface area contributed by atoms with E-state index in [1.165, 1.54) is 0 Å². The molecule has 0 aliphatic carbocycles. The van der Waals surface area contributed by atoms with Crippen LogP contribution in [0.5, 0.6) is 0 Å². The molecular formula is C22H18ClN5. The summed E-state index contributed by atoms with van der Waals surface area (Å²) >= 11 is 6.04. The van der Waals surface area contributed by atoms with Crippen LogP contribution in [0.2, 0.25) is 5.02 Å². The summed E-state index contributed by atoms with van der Waals surface area (Å²) < 4.78 is 0. The van der Waals surface area contributed by atoms with Gasteiger partial charge in [-0.3, -0.25) is 0 Å². The molecule has 0 aliphatic heterocycles. The Balaban J connectivity index is 1.95. The lowest BCUT2D eigenvalue weighted by atomic mass is 9.98. The van der Waals surface area contributed by atoms with Crippen molar-refractivity contribution in [3.8, 4) is 28.5 Å². The van der Waals surface area contributed by atoms with E-state index in [1.54, 1.807) is 0 Å². The Bertz CT molecular complexity index is 1170. The van der Waals surface area contributed by atoms with Crippen LogP contribution >= 0.6 is 11.6 Å². The van der Waals surface area contributed by atoms with Gasteiger partial charge in [-0.15, -0.1) is 0 Å². The van der Waals surface area contributed by atoms with Crippen molar-refractivity contribution in [2.24, 2.45) is 5.73 Å². The Morgan fingerprint density at radius 3 is 2.64 bits per heavy atom. The van der Waals surface area contributed by atoms with Crippen LogP contribution in [0.15, 0.2) is 60.8 Å². The number of H-pyrrole nitrogens is 1. The Kier molecular flexibility index (Phi) is 4.98. The number of nitriles is 1. The van der Waals surface area contributed by atoms with Gasteiger partial charge in [-0.2, -0.15) is 5.26 Å². The summed E-state index contributed by atoms with van der Waals surface area (Å²) in [6.07, 6.45) is 1.94. The number of para-hydroxylation sites is 1. The number of aromatic amines is 1. The van der Waals surface area contributed by atoms with Gasteiger partial charge in [-0.1, -0.05) is 41.9 Å². The molecular weight excluding hydrogens is 370 g/mol. The van der Waals surface area contributed by atoms with E-state index in [0.717, 1.165) is 33.3 Å². The van der Waals surface area contributed by atoms with Gasteiger partial charge in [0.15, 0.2) is 0 Å². The van der Waals surface area contributed by atoms with Crippen molar-refractivity contribution in [2.45, 2.75) is 0 Å². The first-order valence-corrected chi connectivity index (χ1v) is 9.30. The fourth-order valence-corrected chi connectivity index (χ4v) is 3.38. The molecule has 4 aromatic rings. The van der Waals surface area contributed by atoms with Gasteiger partial charge >= 0.3 is 0 Å². The van der Waals surface area contributed by atoms with Gasteiger partial charge in [0.2, 0.25) is 0 Å². The van der Waals surface area contributed by atoms with Crippen molar-refractivity contribution in [2.75, 3.05) is 18.4 Å². The molecule has 5 nitrogen and oxygen atoms in total. The van der Waals surface area contributed by atoms with E-state index in [4.69, 9.17) is 22.3 Å². The number of halogens is 1. The summed E-state index contributed by atoms with van der Waals surface area (Å²) in [7, 11) is 0. The van der Waals surface area contributed by atoms with Gasteiger partial charge in [0.25, 0.3) is 0 Å². The number of anilines is 1. The fourth-order valence-electron chi connectivity index (χ4n) is 3.26. The standard InChI is InChI=1S/C22H18ClN5/c23-15-7-5-14(6-8-15)17-11-21(28-22(18(17)12-25)26-10-9-24)19-13-27-20-4-2-1-3-16(19)20/h1-8,11,13,27H,9-10,24H2,(H,26,28). The van der Waals surface area contributed by atoms with Crippen molar-refractivity contribution in [1.82, 2.24) is 9.97 Å². The van der Waals surface area contributed by atoms with E-state index >= 15 is 0 Å². The first-order valence-electron chi connectivity index (χ1n) is 8.93. The highest BCUT2D eigenvalue weighted by molar-refractivity contribution is 6.30. The molecule has 0 saturated carbocycles. The highest BCUT2D eigenvalue weighted by atomic mass is 35.5. The molecule has 0 radical (unpaired) electrons. The zero-order valence-electron chi connectivity index (χ0n) is 15.0.